The fraction of sp³-hybridized carbons (Fsp3) is 0.500. The number of carboxylic acids is 1. The molecule has 1 aliphatic rings. The molecule has 1 fully saturated rings. The van der Waals surface area contributed by atoms with Crippen molar-refractivity contribution < 1.29 is 19.0 Å². The summed E-state index contributed by atoms with van der Waals surface area (Å²) in [6.07, 6.45) is 1.84. The summed E-state index contributed by atoms with van der Waals surface area (Å²) < 4.78 is 18.6. The number of anilines is 2. The lowest BCUT2D eigenvalue weighted by atomic mass is 9.96. The number of hydrogen-bond donors (Lipinski definition) is 2. The molecule has 5 nitrogen and oxygen atoms in total. The lowest BCUT2D eigenvalue weighted by molar-refractivity contribution is 0.0698. The second-order valence-electron chi connectivity index (χ2n) is 5.05. The number of benzene rings is 1. The average Bonchev–Trinajstić information content (AvgIpc) is 2.42. The van der Waals surface area contributed by atoms with E-state index in [4.69, 9.17) is 10.5 Å². The first-order valence-electron chi connectivity index (χ1n) is 6.59. The van der Waals surface area contributed by atoms with Crippen LogP contribution in [0.5, 0.6) is 0 Å². The summed E-state index contributed by atoms with van der Waals surface area (Å²) in [6.45, 7) is 2.16. The Kier molecular flexibility index (Phi) is 4.44. The molecule has 0 aliphatic carbocycles. The number of ether oxygens (including phenoxy) is 1. The van der Waals surface area contributed by atoms with E-state index in [0.29, 0.717) is 18.2 Å². The van der Waals surface area contributed by atoms with Crippen molar-refractivity contribution in [3.8, 4) is 0 Å². The molecule has 2 rings (SSSR count). The maximum Gasteiger partial charge on any atom is 0.340 e. The number of carbonyl (C=O) groups is 1. The molecule has 0 unspecified atom stereocenters. The fourth-order valence-corrected chi connectivity index (χ4v) is 2.65. The first-order valence-corrected chi connectivity index (χ1v) is 6.59. The molecule has 0 spiro atoms. The van der Waals surface area contributed by atoms with Gasteiger partial charge in [-0.25, -0.2) is 9.18 Å². The molecule has 1 aliphatic heterocycles. The monoisotopic (exact) mass is 282 g/mol. The highest BCUT2D eigenvalue weighted by atomic mass is 19.1. The molecule has 3 N–H and O–H groups in total. The molecule has 6 heteroatoms. The summed E-state index contributed by atoms with van der Waals surface area (Å²) in [5.41, 5.74) is 5.62. The number of nitrogen functional groups attached to an aromatic ring is 1. The van der Waals surface area contributed by atoms with Gasteiger partial charge in [0.15, 0.2) is 0 Å². The quantitative estimate of drug-likeness (QED) is 0.826. The summed E-state index contributed by atoms with van der Waals surface area (Å²) in [5, 5.41) is 9.24. The van der Waals surface area contributed by atoms with Crippen molar-refractivity contribution >= 4 is 17.3 Å². The Morgan fingerprint density at radius 3 is 2.70 bits per heavy atom. The van der Waals surface area contributed by atoms with Crippen molar-refractivity contribution in [2.75, 3.05) is 37.4 Å². The smallest absolute Gasteiger partial charge is 0.340 e. The van der Waals surface area contributed by atoms with E-state index in [2.05, 4.69) is 0 Å². The van der Waals surface area contributed by atoms with Crippen LogP contribution in [0.4, 0.5) is 15.8 Å². The number of carboxylic acid groups (broad SMARTS) is 1. The standard InChI is InChI=1S/C14H19FN2O3/c1-20-8-9-4-6-17(7-5-9)11-3-2-10(15)13(16)12(11)14(18)19/h2-3,9H,4-8,16H2,1H3,(H,18,19). The number of hydrogen-bond acceptors (Lipinski definition) is 4. The van der Waals surface area contributed by atoms with Crippen LogP contribution in [-0.4, -0.2) is 37.9 Å². The fourth-order valence-electron chi connectivity index (χ4n) is 2.65. The minimum atomic E-state index is -1.20. The Morgan fingerprint density at radius 1 is 1.50 bits per heavy atom. The third-order valence-corrected chi connectivity index (χ3v) is 3.74. The maximum atomic E-state index is 13.4. The zero-order chi connectivity index (χ0) is 14.7. The van der Waals surface area contributed by atoms with Gasteiger partial charge in [-0.3, -0.25) is 0 Å². The van der Waals surface area contributed by atoms with Crippen molar-refractivity contribution in [1.82, 2.24) is 0 Å². The van der Waals surface area contributed by atoms with Crippen LogP contribution in [0.25, 0.3) is 0 Å². The van der Waals surface area contributed by atoms with Gasteiger partial charge >= 0.3 is 5.97 Å². The highest BCUT2D eigenvalue weighted by Gasteiger charge is 2.25. The van der Waals surface area contributed by atoms with E-state index < -0.39 is 11.8 Å². The minimum absolute atomic E-state index is 0.143. The Bertz CT molecular complexity index is 499. The van der Waals surface area contributed by atoms with Gasteiger partial charge in [-0.2, -0.15) is 0 Å². The predicted octanol–water partition coefficient (Wildman–Crippen LogP) is 1.97. The van der Waals surface area contributed by atoms with Crippen molar-refractivity contribution in [3.63, 3.8) is 0 Å². The van der Waals surface area contributed by atoms with Crippen LogP contribution in [0, 0.1) is 11.7 Å². The second kappa shape index (κ2) is 6.09. The zero-order valence-electron chi connectivity index (χ0n) is 11.4. The Morgan fingerprint density at radius 2 is 2.15 bits per heavy atom. The summed E-state index contributed by atoms with van der Waals surface area (Å²) in [7, 11) is 1.68. The summed E-state index contributed by atoms with van der Waals surface area (Å²) >= 11 is 0. The zero-order valence-corrected chi connectivity index (χ0v) is 11.4. The SMILES string of the molecule is COCC1CCN(c2ccc(F)c(N)c2C(=O)O)CC1. The van der Waals surface area contributed by atoms with Gasteiger partial charge in [-0.1, -0.05) is 0 Å². The van der Waals surface area contributed by atoms with Gasteiger partial charge in [-0.15, -0.1) is 0 Å². The van der Waals surface area contributed by atoms with E-state index in [9.17, 15) is 14.3 Å². The van der Waals surface area contributed by atoms with Crippen LogP contribution < -0.4 is 10.6 Å². The van der Waals surface area contributed by atoms with Crippen LogP contribution in [0.15, 0.2) is 12.1 Å². The third kappa shape index (κ3) is 2.85. The summed E-state index contributed by atoms with van der Waals surface area (Å²) in [5.74, 6) is -1.40. The van der Waals surface area contributed by atoms with Gasteiger partial charge in [0.25, 0.3) is 0 Å². The number of aromatic carboxylic acids is 1. The second-order valence-corrected chi connectivity index (χ2v) is 5.05. The van der Waals surface area contributed by atoms with Gasteiger partial charge in [0, 0.05) is 26.8 Å². The topological polar surface area (TPSA) is 75.8 Å². The number of nitrogens with two attached hydrogens (primary N) is 1. The van der Waals surface area contributed by atoms with E-state index in [0.717, 1.165) is 25.9 Å². The van der Waals surface area contributed by atoms with Crippen molar-refractivity contribution in [3.05, 3.63) is 23.5 Å². The highest BCUT2D eigenvalue weighted by Crippen LogP contribution is 2.31. The van der Waals surface area contributed by atoms with E-state index in [1.807, 2.05) is 4.90 Å². The van der Waals surface area contributed by atoms with Gasteiger partial charge in [-0.05, 0) is 30.9 Å². The maximum absolute atomic E-state index is 13.4. The number of methoxy groups -OCH3 is 1. The van der Waals surface area contributed by atoms with Crippen molar-refractivity contribution in [2.45, 2.75) is 12.8 Å². The molecule has 0 amide bonds. The summed E-state index contributed by atoms with van der Waals surface area (Å²) in [4.78, 5) is 13.3. The number of halogens is 1. The molecule has 0 aromatic heterocycles. The molecule has 1 aromatic rings. The van der Waals surface area contributed by atoms with Crippen LogP contribution in [0.3, 0.4) is 0 Å². The van der Waals surface area contributed by atoms with Crippen LogP contribution in [0.1, 0.15) is 23.2 Å². The molecular weight excluding hydrogens is 263 g/mol. The normalized spacial score (nSPS) is 16.4. The number of rotatable bonds is 4. The van der Waals surface area contributed by atoms with Gasteiger partial charge in [0.05, 0.1) is 11.4 Å². The van der Waals surface area contributed by atoms with Gasteiger partial charge in [0.2, 0.25) is 0 Å². The Balaban J connectivity index is 2.22. The third-order valence-electron chi connectivity index (χ3n) is 3.74. The minimum Gasteiger partial charge on any atom is -0.478 e. The predicted molar refractivity (Wildman–Crippen MR) is 74.6 cm³/mol. The van der Waals surface area contributed by atoms with E-state index in [1.165, 1.54) is 12.1 Å². The lowest BCUT2D eigenvalue weighted by Crippen LogP contribution is -2.36. The van der Waals surface area contributed by atoms with E-state index >= 15 is 0 Å². The van der Waals surface area contributed by atoms with E-state index in [1.54, 1.807) is 7.11 Å². The molecule has 1 saturated heterocycles. The highest BCUT2D eigenvalue weighted by molar-refractivity contribution is 6.00. The van der Waals surface area contributed by atoms with Gasteiger partial charge < -0.3 is 20.5 Å². The first-order chi connectivity index (χ1) is 9.54. The summed E-state index contributed by atoms with van der Waals surface area (Å²) in [6, 6.07) is 2.71. The molecule has 0 atom stereocenters. The Hall–Kier alpha value is -1.82. The molecular formula is C14H19FN2O3. The molecule has 20 heavy (non-hydrogen) atoms. The molecule has 1 aromatic carbocycles. The average molecular weight is 282 g/mol. The Labute approximate surface area is 117 Å². The van der Waals surface area contributed by atoms with Crippen LogP contribution in [-0.2, 0) is 4.74 Å². The van der Waals surface area contributed by atoms with Crippen LogP contribution in [0.2, 0.25) is 0 Å². The largest absolute Gasteiger partial charge is 0.478 e. The molecule has 1 heterocycles. The number of piperidine rings is 1. The van der Waals surface area contributed by atoms with Gasteiger partial charge in [0.1, 0.15) is 11.4 Å². The first kappa shape index (κ1) is 14.6. The molecule has 0 radical (unpaired) electrons. The molecule has 110 valence electrons. The number of nitrogens with zero attached hydrogens (tertiary/aromatic N) is 1. The lowest BCUT2D eigenvalue weighted by Gasteiger charge is -2.34. The molecule has 0 bridgehead atoms. The molecule has 0 saturated carbocycles. The van der Waals surface area contributed by atoms with Crippen LogP contribution >= 0.6 is 0 Å². The van der Waals surface area contributed by atoms with E-state index in [-0.39, 0.29) is 11.3 Å². The van der Waals surface area contributed by atoms with Crippen molar-refractivity contribution in [2.24, 2.45) is 5.92 Å². The van der Waals surface area contributed by atoms with Crippen molar-refractivity contribution in [1.29, 1.82) is 0 Å².